The number of carbonyl (C=O) groups is 1. The minimum absolute atomic E-state index is 0.157. The Morgan fingerprint density at radius 1 is 1.42 bits per heavy atom. The molecule has 0 aliphatic carbocycles. The molecule has 0 aliphatic rings. The van der Waals surface area contributed by atoms with Crippen LogP contribution < -0.4 is 5.32 Å². The summed E-state index contributed by atoms with van der Waals surface area (Å²) in [7, 11) is 0. The quantitative estimate of drug-likeness (QED) is 0.937. The van der Waals surface area contributed by atoms with E-state index in [1.54, 1.807) is 0 Å². The molecule has 0 fully saturated rings. The summed E-state index contributed by atoms with van der Waals surface area (Å²) in [6.45, 7) is 2.26. The molecule has 3 nitrogen and oxygen atoms in total. The molecule has 1 N–H and O–H groups in total. The predicted molar refractivity (Wildman–Crippen MR) is 69.2 cm³/mol. The van der Waals surface area contributed by atoms with Crippen molar-refractivity contribution >= 4 is 17.2 Å². The molecule has 0 atom stereocenters. The van der Waals surface area contributed by atoms with Crippen molar-refractivity contribution in [2.75, 3.05) is 6.54 Å². The minimum Gasteiger partial charge on any atom is -0.352 e. The maximum absolute atomic E-state index is 13.3. The van der Waals surface area contributed by atoms with E-state index < -0.39 is 17.5 Å². The molecular weight excluding hydrogens is 270 g/mol. The highest BCUT2D eigenvalue weighted by Gasteiger charge is 2.11. The molecule has 1 aromatic heterocycles. The van der Waals surface area contributed by atoms with Gasteiger partial charge in [-0.25, -0.2) is 13.8 Å². The van der Waals surface area contributed by atoms with Gasteiger partial charge in [0, 0.05) is 24.4 Å². The number of aromatic nitrogens is 1. The number of amides is 1. The van der Waals surface area contributed by atoms with Crippen molar-refractivity contribution in [3.8, 4) is 0 Å². The Morgan fingerprint density at radius 2 is 2.21 bits per heavy atom. The molecule has 1 aromatic carbocycles. The van der Waals surface area contributed by atoms with Gasteiger partial charge in [0.1, 0.15) is 11.6 Å². The molecule has 0 saturated carbocycles. The first kappa shape index (κ1) is 13.6. The van der Waals surface area contributed by atoms with E-state index in [9.17, 15) is 13.6 Å². The maximum atomic E-state index is 13.3. The van der Waals surface area contributed by atoms with Gasteiger partial charge in [0.25, 0.3) is 5.91 Å². The lowest BCUT2D eigenvalue weighted by Crippen LogP contribution is -2.26. The molecule has 0 unspecified atom stereocenters. The lowest BCUT2D eigenvalue weighted by Gasteiger charge is -2.05. The Labute approximate surface area is 113 Å². The van der Waals surface area contributed by atoms with Crippen molar-refractivity contribution in [2.45, 2.75) is 13.3 Å². The van der Waals surface area contributed by atoms with Gasteiger partial charge >= 0.3 is 0 Å². The third-order valence-corrected chi connectivity index (χ3v) is 3.33. The number of halogens is 2. The lowest BCUT2D eigenvalue weighted by atomic mass is 10.2. The fraction of sp³-hybridized carbons (Fsp3) is 0.231. The number of rotatable bonds is 4. The van der Waals surface area contributed by atoms with Crippen LogP contribution in [0.25, 0.3) is 0 Å². The topological polar surface area (TPSA) is 42.0 Å². The third-order valence-electron chi connectivity index (χ3n) is 2.51. The van der Waals surface area contributed by atoms with Crippen LogP contribution >= 0.6 is 11.3 Å². The zero-order valence-corrected chi connectivity index (χ0v) is 11.1. The molecular formula is C13H12F2N2OS. The van der Waals surface area contributed by atoms with E-state index in [4.69, 9.17) is 0 Å². The molecule has 0 spiro atoms. The van der Waals surface area contributed by atoms with E-state index in [-0.39, 0.29) is 5.56 Å². The Balaban J connectivity index is 1.90. The molecule has 19 heavy (non-hydrogen) atoms. The van der Waals surface area contributed by atoms with Gasteiger partial charge in [0.05, 0.1) is 16.3 Å². The van der Waals surface area contributed by atoms with Crippen LogP contribution in [0.5, 0.6) is 0 Å². The Bertz CT molecular complexity index is 598. The van der Waals surface area contributed by atoms with Crippen LogP contribution in [0.4, 0.5) is 8.78 Å². The summed E-state index contributed by atoms with van der Waals surface area (Å²) in [5, 5.41) is 5.46. The molecule has 2 rings (SSSR count). The summed E-state index contributed by atoms with van der Waals surface area (Å²) >= 11 is 1.54. The van der Waals surface area contributed by atoms with Crippen molar-refractivity contribution in [1.29, 1.82) is 0 Å². The average Bonchev–Trinajstić information content (AvgIpc) is 2.75. The summed E-state index contributed by atoms with van der Waals surface area (Å²) in [6, 6.07) is 2.88. The van der Waals surface area contributed by atoms with Crippen molar-refractivity contribution in [2.24, 2.45) is 0 Å². The molecule has 0 saturated heterocycles. The monoisotopic (exact) mass is 282 g/mol. The lowest BCUT2D eigenvalue weighted by molar-refractivity contribution is 0.0950. The molecule has 2 aromatic rings. The van der Waals surface area contributed by atoms with Gasteiger partial charge in [-0.05, 0) is 19.1 Å². The first-order chi connectivity index (χ1) is 9.06. The fourth-order valence-electron chi connectivity index (χ4n) is 1.60. The smallest absolute Gasteiger partial charge is 0.254 e. The van der Waals surface area contributed by atoms with Crippen LogP contribution in [-0.2, 0) is 6.42 Å². The number of carbonyl (C=O) groups excluding carboxylic acids is 1. The van der Waals surface area contributed by atoms with Crippen molar-refractivity contribution < 1.29 is 13.6 Å². The van der Waals surface area contributed by atoms with Crippen LogP contribution in [0, 0.1) is 18.6 Å². The predicted octanol–water partition coefficient (Wildman–Crippen LogP) is 2.70. The second-order valence-corrected chi connectivity index (χ2v) is 5.05. The molecule has 1 amide bonds. The number of hydrogen-bond acceptors (Lipinski definition) is 3. The Kier molecular flexibility index (Phi) is 4.21. The molecule has 0 radical (unpaired) electrons. The summed E-state index contributed by atoms with van der Waals surface area (Å²) < 4.78 is 26.1. The number of nitrogens with zero attached hydrogens (tertiary/aromatic N) is 1. The summed E-state index contributed by atoms with van der Waals surface area (Å²) in [5.41, 5.74) is 0.734. The standard InChI is InChI=1S/C13H12F2N2OS/c1-8-17-10(7-19-8)4-5-16-13(18)11-3-2-9(14)6-12(11)15/h2-3,6-7H,4-5H2,1H3,(H,16,18). The van der Waals surface area contributed by atoms with E-state index in [1.807, 2.05) is 12.3 Å². The van der Waals surface area contributed by atoms with Gasteiger partial charge in [-0.3, -0.25) is 4.79 Å². The van der Waals surface area contributed by atoms with Crippen LogP contribution in [-0.4, -0.2) is 17.4 Å². The van der Waals surface area contributed by atoms with Gasteiger partial charge in [-0.1, -0.05) is 0 Å². The van der Waals surface area contributed by atoms with Crippen molar-refractivity contribution in [3.05, 3.63) is 51.5 Å². The van der Waals surface area contributed by atoms with E-state index >= 15 is 0 Å². The molecule has 0 bridgehead atoms. The van der Waals surface area contributed by atoms with Crippen LogP contribution in [0.1, 0.15) is 21.1 Å². The average molecular weight is 282 g/mol. The summed E-state index contributed by atoms with van der Waals surface area (Å²) in [5.74, 6) is -2.11. The number of nitrogens with one attached hydrogen (secondary N) is 1. The normalized spacial score (nSPS) is 10.5. The minimum atomic E-state index is -0.859. The van der Waals surface area contributed by atoms with Crippen LogP contribution in [0.15, 0.2) is 23.6 Å². The third kappa shape index (κ3) is 3.57. The van der Waals surface area contributed by atoms with Crippen LogP contribution in [0.3, 0.4) is 0 Å². The van der Waals surface area contributed by atoms with E-state index in [2.05, 4.69) is 10.3 Å². The van der Waals surface area contributed by atoms with E-state index in [0.717, 1.165) is 22.8 Å². The largest absolute Gasteiger partial charge is 0.352 e. The molecule has 100 valence electrons. The Hall–Kier alpha value is -1.82. The summed E-state index contributed by atoms with van der Waals surface area (Å²) in [6.07, 6.45) is 0.582. The SMILES string of the molecule is Cc1nc(CCNC(=O)c2ccc(F)cc2F)cs1. The zero-order valence-electron chi connectivity index (χ0n) is 10.2. The highest BCUT2D eigenvalue weighted by Crippen LogP contribution is 2.10. The second-order valence-electron chi connectivity index (χ2n) is 3.99. The van der Waals surface area contributed by atoms with Gasteiger partial charge in [0.15, 0.2) is 0 Å². The first-order valence-electron chi connectivity index (χ1n) is 5.70. The van der Waals surface area contributed by atoms with E-state index in [1.165, 1.54) is 11.3 Å². The maximum Gasteiger partial charge on any atom is 0.254 e. The number of thiazole rings is 1. The Morgan fingerprint density at radius 3 is 2.84 bits per heavy atom. The molecule has 6 heteroatoms. The highest BCUT2D eigenvalue weighted by molar-refractivity contribution is 7.09. The second kappa shape index (κ2) is 5.88. The zero-order chi connectivity index (χ0) is 13.8. The van der Waals surface area contributed by atoms with Crippen molar-refractivity contribution in [3.63, 3.8) is 0 Å². The van der Waals surface area contributed by atoms with Crippen LogP contribution in [0.2, 0.25) is 0 Å². The van der Waals surface area contributed by atoms with Gasteiger partial charge in [-0.15, -0.1) is 11.3 Å². The number of benzene rings is 1. The van der Waals surface area contributed by atoms with Gasteiger partial charge in [-0.2, -0.15) is 0 Å². The number of hydrogen-bond donors (Lipinski definition) is 1. The van der Waals surface area contributed by atoms with Gasteiger partial charge in [0.2, 0.25) is 0 Å². The summed E-state index contributed by atoms with van der Waals surface area (Å²) in [4.78, 5) is 15.9. The van der Waals surface area contributed by atoms with Crippen molar-refractivity contribution in [1.82, 2.24) is 10.3 Å². The number of aryl methyl sites for hydroxylation is 1. The first-order valence-corrected chi connectivity index (χ1v) is 6.58. The fourth-order valence-corrected chi connectivity index (χ4v) is 2.24. The molecule has 0 aliphatic heterocycles. The van der Waals surface area contributed by atoms with E-state index in [0.29, 0.717) is 19.0 Å². The van der Waals surface area contributed by atoms with Gasteiger partial charge < -0.3 is 5.32 Å². The highest BCUT2D eigenvalue weighted by atomic mass is 32.1. The molecule has 1 heterocycles.